The van der Waals surface area contributed by atoms with Gasteiger partial charge in [0.15, 0.2) is 11.6 Å². The molecule has 5 heterocycles. The summed E-state index contributed by atoms with van der Waals surface area (Å²) in [5.41, 5.74) is 5.08. The van der Waals surface area contributed by atoms with Gasteiger partial charge in [0.2, 0.25) is 0 Å². The van der Waals surface area contributed by atoms with E-state index < -0.39 is 5.92 Å². The molecule has 0 saturated carbocycles. The van der Waals surface area contributed by atoms with Gasteiger partial charge in [-0.15, -0.1) is 0 Å². The maximum absolute atomic E-state index is 13.6. The maximum Gasteiger partial charge on any atom is 0.251 e. The number of rotatable bonds is 3. The second-order valence-corrected chi connectivity index (χ2v) is 8.19. The molecular weight excluding hydrogens is 414 g/mol. The first-order chi connectivity index (χ1) is 15.5. The Balaban J connectivity index is 1.42. The number of halogens is 2. The van der Waals surface area contributed by atoms with Gasteiger partial charge in [-0.3, -0.25) is 9.78 Å². The van der Waals surface area contributed by atoms with Crippen molar-refractivity contribution in [1.82, 2.24) is 34.9 Å². The lowest BCUT2D eigenvalue weighted by Gasteiger charge is -2.32. The Morgan fingerprint density at radius 3 is 2.69 bits per heavy atom. The van der Waals surface area contributed by atoms with E-state index in [-0.39, 0.29) is 25.9 Å². The summed E-state index contributed by atoms with van der Waals surface area (Å²) in [6.07, 6.45) is 5.10. The van der Waals surface area contributed by atoms with Crippen molar-refractivity contribution in [3.63, 3.8) is 0 Å². The molecule has 2 N–H and O–H groups in total. The Hall–Kier alpha value is -3.82. The van der Waals surface area contributed by atoms with Crippen LogP contribution in [0.5, 0.6) is 0 Å². The molecule has 0 unspecified atom stereocenters. The van der Waals surface area contributed by atoms with Crippen LogP contribution in [0.15, 0.2) is 42.9 Å². The van der Waals surface area contributed by atoms with Crippen molar-refractivity contribution in [1.29, 1.82) is 0 Å². The van der Waals surface area contributed by atoms with Crippen LogP contribution in [0.1, 0.15) is 12.8 Å². The van der Waals surface area contributed by atoms with E-state index in [0.29, 0.717) is 22.9 Å². The maximum atomic E-state index is 13.6. The first kappa shape index (κ1) is 18.9. The minimum atomic E-state index is -2.61. The van der Waals surface area contributed by atoms with E-state index in [2.05, 4.69) is 31.3 Å². The number of anilines is 1. The average Bonchev–Trinajstić information content (AvgIpc) is 3.50. The van der Waals surface area contributed by atoms with Gasteiger partial charge in [0.1, 0.15) is 11.2 Å². The number of hydrogen-bond acceptors (Lipinski definition) is 5. The number of piperidine rings is 1. The zero-order valence-electron chi connectivity index (χ0n) is 17.3. The average molecular weight is 434 g/mol. The Morgan fingerprint density at radius 1 is 1.06 bits per heavy atom. The number of hydrogen-bond donors (Lipinski definition) is 2. The molecule has 1 saturated heterocycles. The third kappa shape index (κ3) is 3.10. The van der Waals surface area contributed by atoms with Gasteiger partial charge in [-0.1, -0.05) is 6.07 Å². The topological polar surface area (TPSA) is 91.3 Å². The molecule has 0 spiro atoms. The Morgan fingerprint density at radius 2 is 1.91 bits per heavy atom. The fourth-order valence-electron chi connectivity index (χ4n) is 4.25. The van der Waals surface area contributed by atoms with Crippen LogP contribution in [0.2, 0.25) is 0 Å². The Labute approximate surface area is 181 Å². The number of alkyl halides is 2. The van der Waals surface area contributed by atoms with E-state index in [1.807, 2.05) is 42.5 Å². The van der Waals surface area contributed by atoms with Gasteiger partial charge < -0.3 is 9.88 Å². The summed E-state index contributed by atoms with van der Waals surface area (Å²) in [6.45, 7) is 0.502. The molecule has 4 aromatic heterocycles. The van der Waals surface area contributed by atoms with Crippen molar-refractivity contribution in [2.75, 3.05) is 18.0 Å². The van der Waals surface area contributed by atoms with Crippen molar-refractivity contribution in [3.8, 4) is 22.6 Å². The van der Waals surface area contributed by atoms with Gasteiger partial charge in [0, 0.05) is 56.3 Å². The number of fused-ring (bicyclic) bond motifs is 2. The largest absolute Gasteiger partial charge is 0.354 e. The van der Waals surface area contributed by atoms with E-state index in [0.717, 1.165) is 27.5 Å². The normalized spacial score (nSPS) is 16.3. The fraction of sp³-hybridized carbons (Fsp3) is 0.273. The minimum Gasteiger partial charge on any atom is -0.354 e. The molecule has 0 atom stereocenters. The van der Waals surface area contributed by atoms with Gasteiger partial charge in [0.05, 0.1) is 17.2 Å². The van der Waals surface area contributed by atoms with Crippen LogP contribution >= 0.6 is 0 Å². The van der Waals surface area contributed by atoms with Gasteiger partial charge in [-0.25, -0.2) is 18.7 Å². The highest BCUT2D eigenvalue weighted by Gasteiger charge is 2.35. The summed E-state index contributed by atoms with van der Waals surface area (Å²) in [7, 11) is 1.88. The fourth-order valence-corrected chi connectivity index (χ4v) is 4.25. The molecule has 0 radical (unpaired) electrons. The SMILES string of the molecule is Cn1cc(-c2ccc3[nH]nc(-c4nc5c(N6CCC(F)(F)CC6)nccc5[nH]4)c3c2)cn1. The predicted molar refractivity (Wildman–Crippen MR) is 118 cm³/mol. The van der Waals surface area contributed by atoms with E-state index in [1.165, 1.54) is 0 Å². The molecule has 1 aliphatic heterocycles. The van der Waals surface area contributed by atoms with E-state index in [1.54, 1.807) is 10.9 Å². The summed E-state index contributed by atoms with van der Waals surface area (Å²) >= 11 is 0. The van der Waals surface area contributed by atoms with Crippen LogP contribution in [-0.2, 0) is 7.05 Å². The summed E-state index contributed by atoms with van der Waals surface area (Å²) in [5.74, 6) is -1.39. The number of pyridine rings is 1. The number of benzene rings is 1. The molecule has 10 heteroatoms. The standard InChI is InChI=1S/C22H20F2N8/c1-31-12-14(11-26-31)13-2-3-16-15(10-13)18(30-29-16)20-27-17-4-7-25-21(19(17)28-20)32-8-5-22(23,24)6-9-32/h2-4,7,10-12H,5-6,8-9H2,1H3,(H,27,28)(H,29,30). The third-order valence-electron chi connectivity index (χ3n) is 6.00. The number of nitrogens with one attached hydrogen (secondary N) is 2. The molecular formula is C22H20F2N8. The van der Waals surface area contributed by atoms with Crippen molar-refractivity contribution < 1.29 is 8.78 Å². The highest BCUT2D eigenvalue weighted by molar-refractivity contribution is 5.96. The van der Waals surface area contributed by atoms with Crippen LogP contribution in [0.4, 0.5) is 14.6 Å². The smallest absolute Gasteiger partial charge is 0.251 e. The molecule has 1 fully saturated rings. The molecule has 32 heavy (non-hydrogen) atoms. The Bertz CT molecular complexity index is 1440. The van der Waals surface area contributed by atoms with Gasteiger partial charge in [-0.05, 0) is 23.8 Å². The highest BCUT2D eigenvalue weighted by atomic mass is 19.3. The lowest BCUT2D eigenvalue weighted by Crippen LogP contribution is -2.39. The zero-order chi connectivity index (χ0) is 21.9. The number of nitrogens with zero attached hydrogens (tertiary/aromatic N) is 6. The van der Waals surface area contributed by atoms with Crippen LogP contribution in [0, 0.1) is 0 Å². The second-order valence-electron chi connectivity index (χ2n) is 8.19. The molecule has 1 aliphatic rings. The van der Waals surface area contributed by atoms with Crippen LogP contribution in [-0.4, -0.2) is 53.9 Å². The molecule has 8 nitrogen and oxygen atoms in total. The number of aryl methyl sites for hydroxylation is 1. The van der Waals surface area contributed by atoms with Crippen LogP contribution < -0.4 is 4.90 Å². The third-order valence-corrected chi connectivity index (χ3v) is 6.00. The van der Waals surface area contributed by atoms with Gasteiger partial charge >= 0.3 is 0 Å². The van der Waals surface area contributed by atoms with E-state index in [9.17, 15) is 8.78 Å². The minimum absolute atomic E-state index is 0.177. The van der Waals surface area contributed by atoms with Crippen LogP contribution in [0.25, 0.3) is 44.6 Å². The first-order valence-corrected chi connectivity index (χ1v) is 10.4. The molecule has 1 aromatic carbocycles. The first-order valence-electron chi connectivity index (χ1n) is 10.4. The molecule has 0 aliphatic carbocycles. The lowest BCUT2D eigenvalue weighted by atomic mass is 10.1. The predicted octanol–water partition coefficient (Wildman–Crippen LogP) is 4.14. The summed E-state index contributed by atoms with van der Waals surface area (Å²) < 4.78 is 29.0. The summed E-state index contributed by atoms with van der Waals surface area (Å²) in [4.78, 5) is 14.4. The lowest BCUT2D eigenvalue weighted by molar-refractivity contribution is -0.0221. The molecule has 5 aromatic rings. The molecule has 0 bridgehead atoms. The number of imidazole rings is 1. The number of aromatic nitrogens is 7. The van der Waals surface area contributed by atoms with Gasteiger partial charge in [-0.2, -0.15) is 10.2 Å². The summed E-state index contributed by atoms with van der Waals surface area (Å²) in [6, 6.07) is 7.90. The quantitative estimate of drug-likeness (QED) is 0.445. The van der Waals surface area contributed by atoms with Crippen molar-refractivity contribution in [2.45, 2.75) is 18.8 Å². The van der Waals surface area contributed by atoms with Crippen molar-refractivity contribution in [2.24, 2.45) is 7.05 Å². The zero-order valence-corrected chi connectivity index (χ0v) is 17.3. The monoisotopic (exact) mass is 434 g/mol. The van der Waals surface area contributed by atoms with E-state index in [4.69, 9.17) is 4.98 Å². The molecule has 0 amide bonds. The van der Waals surface area contributed by atoms with E-state index >= 15 is 0 Å². The highest BCUT2D eigenvalue weighted by Crippen LogP contribution is 2.34. The summed E-state index contributed by atoms with van der Waals surface area (Å²) in [5, 5.41) is 12.7. The number of H-pyrrole nitrogens is 2. The Kier molecular flexibility index (Phi) is 4.04. The second kappa shape index (κ2) is 6.84. The van der Waals surface area contributed by atoms with Crippen LogP contribution in [0.3, 0.4) is 0 Å². The molecule has 162 valence electrons. The van der Waals surface area contributed by atoms with Gasteiger partial charge in [0.25, 0.3) is 5.92 Å². The van der Waals surface area contributed by atoms with Crippen molar-refractivity contribution >= 4 is 27.8 Å². The number of aromatic amines is 2. The molecule has 6 rings (SSSR count). The van der Waals surface area contributed by atoms with Crippen molar-refractivity contribution in [3.05, 3.63) is 42.9 Å².